The topological polar surface area (TPSA) is 36.7 Å². The van der Waals surface area contributed by atoms with Crippen LogP contribution in [0.15, 0.2) is 47.8 Å². The van der Waals surface area contributed by atoms with E-state index in [4.69, 9.17) is 0 Å². The predicted molar refractivity (Wildman–Crippen MR) is 81.0 cm³/mol. The van der Waals surface area contributed by atoms with E-state index in [2.05, 4.69) is 36.7 Å². The van der Waals surface area contributed by atoms with Crippen molar-refractivity contribution in [2.75, 3.05) is 31.1 Å². The lowest BCUT2D eigenvalue weighted by Gasteiger charge is -2.33. The zero-order valence-corrected chi connectivity index (χ0v) is 11.7. The Morgan fingerprint density at radius 1 is 1.10 bits per heavy atom. The maximum Gasteiger partial charge on any atom is 0.128 e. The summed E-state index contributed by atoms with van der Waals surface area (Å²) in [7, 11) is 2.03. The molecule has 2 aromatic heterocycles. The van der Waals surface area contributed by atoms with Crippen LogP contribution in [0.25, 0.3) is 0 Å². The fraction of sp³-hybridized carbons (Fsp3) is 0.333. The van der Waals surface area contributed by atoms with Gasteiger partial charge in [-0.3, -0.25) is 5.01 Å². The number of piperazine rings is 1. The van der Waals surface area contributed by atoms with Crippen molar-refractivity contribution in [3.05, 3.63) is 48.4 Å². The van der Waals surface area contributed by atoms with E-state index in [0.717, 1.165) is 37.7 Å². The van der Waals surface area contributed by atoms with Crippen LogP contribution >= 0.6 is 0 Å². The van der Waals surface area contributed by atoms with Crippen LogP contribution < -0.4 is 4.90 Å². The average Bonchev–Trinajstić information content (AvgIpc) is 2.92. The van der Waals surface area contributed by atoms with Gasteiger partial charge in [0.15, 0.2) is 0 Å². The largest absolute Gasteiger partial charge is 0.353 e. The van der Waals surface area contributed by atoms with Crippen molar-refractivity contribution >= 4 is 12.0 Å². The number of hydrogen-bond acceptors (Lipinski definition) is 4. The number of rotatable bonds is 3. The summed E-state index contributed by atoms with van der Waals surface area (Å²) in [4.78, 5) is 6.69. The van der Waals surface area contributed by atoms with Gasteiger partial charge in [0.05, 0.1) is 25.0 Å². The molecule has 0 N–H and O–H groups in total. The van der Waals surface area contributed by atoms with E-state index in [1.165, 1.54) is 0 Å². The molecule has 0 bridgehead atoms. The van der Waals surface area contributed by atoms with E-state index in [9.17, 15) is 0 Å². The molecule has 1 aliphatic heterocycles. The SMILES string of the molecule is Cn1cccc1/C=N\N1CCN(c2ccccn2)CC1. The zero-order valence-electron chi connectivity index (χ0n) is 11.7. The summed E-state index contributed by atoms with van der Waals surface area (Å²) in [5, 5.41) is 6.67. The Morgan fingerprint density at radius 3 is 2.60 bits per heavy atom. The van der Waals surface area contributed by atoms with Crippen molar-refractivity contribution in [1.29, 1.82) is 0 Å². The van der Waals surface area contributed by atoms with E-state index in [1.807, 2.05) is 43.9 Å². The molecule has 1 fully saturated rings. The van der Waals surface area contributed by atoms with Crippen molar-refractivity contribution in [2.45, 2.75) is 0 Å². The molecule has 0 radical (unpaired) electrons. The molecule has 20 heavy (non-hydrogen) atoms. The van der Waals surface area contributed by atoms with Gasteiger partial charge in [0.25, 0.3) is 0 Å². The minimum Gasteiger partial charge on any atom is -0.353 e. The highest BCUT2D eigenvalue weighted by Gasteiger charge is 2.16. The fourth-order valence-corrected chi connectivity index (χ4v) is 2.33. The molecule has 1 saturated heterocycles. The third-order valence-corrected chi connectivity index (χ3v) is 3.57. The molecule has 2 aromatic rings. The molecule has 5 nitrogen and oxygen atoms in total. The van der Waals surface area contributed by atoms with Crippen LogP contribution in [-0.4, -0.2) is 47.0 Å². The standard InChI is InChI=1S/C15H19N5/c1-18-8-4-5-14(18)13-17-20-11-9-19(10-12-20)15-6-2-3-7-16-15/h2-8,13H,9-12H2,1H3/b17-13-. The number of nitrogens with zero attached hydrogens (tertiary/aromatic N) is 5. The average molecular weight is 269 g/mol. The van der Waals surface area contributed by atoms with Crippen LogP contribution in [0.1, 0.15) is 5.69 Å². The van der Waals surface area contributed by atoms with Crippen LogP contribution in [0.4, 0.5) is 5.82 Å². The summed E-state index contributed by atoms with van der Waals surface area (Å²) in [5.41, 5.74) is 1.12. The van der Waals surface area contributed by atoms with Gasteiger partial charge in [-0.25, -0.2) is 4.98 Å². The first kappa shape index (κ1) is 12.7. The fourth-order valence-electron chi connectivity index (χ4n) is 2.33. The van der Waals surface area contributed by atoms with Crippen LogP contribution in [0.3, 0.4) is 0 Å². The smallest absolute Gasteiger partial charge is 0.128 e. The highest BCUT2D eigenvalue weighted by molar-refractivity contribution is 5.77. The Kier molecular flexibility index (Phi) is 3.67. The number of hydrogen-bond donors (Lipinski definition) is 0. The van der Waals surface area contributed by atoms with Gasteiger partial charge in [0.1, 0.15) is 5.82 Å². The number of hydrazone groups is 1. The van der Waals surface area contributed by atoms with Gasteiger partial charge in [0.2, 0.25) is 0 Å². The van der Waals surface area contributed by atoms with E-state index in [0.29, 0.717) is 0 Å². The molecule has 0 aromatic carbocycles. The molecular formula is C15H19N5. The molecule has 1 aliphatic rings. The minimum absolute atomic E-state index is 0.928. The first-order valence-electron chi connectivity index (χ1n) is 6.89. The molecular weight excluding hydrogens is 250 g/mol. The zero-order chi connectivity index (χ0) is 13.8. The van der Waals surface area contributed by atoms with Crippen LogP contribution in [0, 0.1) is 0 Å². The lowest BCUT2D eigenvalue weighted by atomic mass is 10.3. The summed E-state index contributed by atoms with van der Waals surface area (Å²) in [6, 6.07) is 10.1. The molecule has 0 saturated carbocycles. The Hall–Kier alpha value is -2.30. The van der Waals surface area contributed by atoms with E-state index in [-0.39, 0.29) is 0 Å². The van der Waals surface area contributed by atoms with Crippen LogP contribution in [0.2, 0.25) is 0 Å². The van der Waals surface area contributed by atoms with Crippen molar-refractivity contribution < 1.29 is 0 Å². The number of pyridine rings is 1. The molecule has 0 unspecified atom stereocenters. The Morgan fingerprint density at radius 2 is 1.95 bits per heavy atom. The summed E-state index contributed by atoms with van der Waals surface area (Å²) in [5.74, 6) is 1.05. The Labute approximate surface area is 119 Å². The molecule has 3 heterocycles. The lowest BCUT2D eigenvalue weighted by molar-refractivity contribution is 0.271. The lowest BCUT2D eigenvalue weighted by Crippen LogP contribution is -2.44. The van der Waals surface area contributed by atoms with Gasteiger partial charge in [-0.2, -0.15) is 5.10 Å². The number of aryl methyl sites for hydroxylation is 1. The molecule has 5 heteroatoms. The van der Waals surface area contributed by atoms with Gasteiger partial charge < -0.3 is 9.47 Å². The van der Waals surface area contributed by atoms with Crippen molar-refractivity contribution in [3.63, 3.8) is 0 Å². The van der Waals surface area contributed by atoms with E-state index in [1.54, 1.807) is 0 Å². The quantitative estimate of drug-likeness (QED) is 0.794. The van der Waals surface area contributed by atoms with Crippen molar-refractivity contribution in [3.8, 4) is 0 Å². The third-order valence-electron chi connectivity index (χ3n) is 3.57. The third kappa shape index (κ3) is 2.82. The first-order chi connectivity index (χ1) is 9.83. The normalized spacial score (nSPS) is 16.1. The molecule has 0 aliphatic carbocycles. The van der Waals surface area contributed by atoms with E-state index >= 15 is 0 Å². The Balaban J connectivity index is 1.57. The second kappa shape index (κ2) is 5.77. The summed E-state index contributed by atoms with van der Waals surface area (Å²) < 4.78 is 2.06. The maximum atomic E-state index is 4.56. The van der Waals surface area contributed by atoms with Gasteiger partial charge in [-0.15, -0.1) is 0 Å². The van der Waals surface area contributed by atoms with Crippen LogP contribution in [-0.2, 0) is 7.05 Å². The van der Waals surface area contributed by atoms with Crippen molar-refractivity contribution in [1.82, 2.24) is 14.6 Å². The van der Waals surface area contributed by atoms with E-state index < -0.39 is 0 Å². The second-order valence-corrected chi connectivity index (χ2v) is 4.92. The first-order valence-corrected chi connectivity index (χ1v) is 6.89. The predicted octanol–water partition coefficient (Wildman–Crippen LogP) is 1.58. The maximum absolute atomic E-state index is 4.56. The molecule has 0 spiro atoms. The number of anilines is 1. The van der Waals surface area contributed by atoms with Gasteiger partial charge in [-0.1, -0.05) is 6.07 Å². The van der Waals surface area contributed by atoms with Gasteiger partial charge in [0, 0.05) is 32.5 Å². The molecule has 0 amide bonds. The van der Waals surface area contributed by atoms with Crippen LogP contribution in [0.5, 0.6) is 0 Å². The molecule has 0 atom stereocenters. The molecule has 3 rings (SSSR count). The summed E-state index contributed by atoms with van der Waals surface area (Å²) in [6.45, 7) is 3.78. The highest BCUT2D eigenvalue weighted by atomic mass is 15.5. The summed E-state index contributed by atoms with van der Waals surface area (Å²) >= 11 is 0. The van der Waals surface area contributed by atoms with Crippen molar-refractivity contribution in [2.24, 2.45) is 12.1 Å². The Bertz CT molecular complexity index is 567. The highest BCUT2D eigenvalue weighted by Crippen LogP contribution is 2.12. The summed E-state index contributed by atoms with van der Waals surface area (Å²) in [6.07, 6.45) is 5.80. The number of aromatic nitrogens is 2. The minimum atomic E-state index is 0.928. The van der Waals surface area contributed by atoms with Gasteiger partial charge in [-0.05, 0) is 24.3 Å². The second-order valence-electron chi connectivity index (χ2n) is 4.92. The monoisotopic (exact) mass is 269 g/mol. The van der Waals surface area contributed by atoms with Gasteiger partial charge >= 0.3 is 0 Å². The molecule has 104 valence electrons.